The van der Waals surface area contributed by atoms with E-state index in [9.17, 15) is 33.3 Å². The van der Waals surface area contributed by atoms with Crippen LogP contribution in [-0.2, 0) is 22.6 Å². The highest BCUT2D eigenvalue weighted by atomic mass is 19.2. The number of hydrogen-bond acceptors (Lipinski definition) is 6. The topological polar surface area (TPSA) is 119 Å². The summed E-state index contributed by atoms with van der Waals surface area (Å²) >= 11 is 0. The second-order valence-electron chi connectivity index (χ2n) is 10.2. The number of aliphatic hydroxyl groups excluding tert-OH is 2. The van der Waals surface area contributed by atoms with Gasteiger partial charge in [0.05, 0.1) is 12.7 Å². The first kappa shape index (κ1) is 36.5. The van der Waals surface area contributed by atoms with Crippen LogP contribution in [-0.4, -0.2) is 52.7 Å². The van der Waals surface area contributed by atoms with Gasteiger partial charge in [-0.15, -0.1) is 0 Å². The Balaban J connectivity index is 0.000000402. The van der Waals surface area contributed by atoms with E-state index in [0.717, 1.165) is 64.4 Å². The highest BCUT2D eigenvalue weighted by Crippen LogP contribution is 2.22. The summed E-state index contributed by atoms with van der Waals surface area (Å²) in [4.78, 5) is 10.1. The molecule has 44 heavy (non-hydrogen) atoms. The molecule has 10 heteroatoms. The van der Waals surface area contributed by atoms with Crippen LogP contribution in [0.3, 0.4) is 0 Å². The van der Waals surface area contributed by atoms with Crippen LogP contribution in [0.1, 0.15) is 66.9 Å². The molecule has 0 aliphatic heterocycles. The van der Waals surface area contributed by atoms with Gasteiger partial charge in [0.2, 0.25) is 0 Å². The minimum atomic E-state index is -1.57. The van der Waals surface area contributed by atoms with E-state index in [2.05, 4.69) is 35.6 Å². The van der Waals surface area contributed by atoms with E-state index in [-0.39, 0.29) is 17.9 Å². The largest absolute Gasteiger partial charge is 0.508 e. The van der Waals surface area contributed by atoms with Crippen molar-refractivity contribution in [2.45, 2.75) is 57.7 Å². The number of aryl methyl sites for hydroxylation is 1. The first-order valence-electron chi connectivity index (χ1n) is 14.7. The third kappa shape index (κ3) is 14.7. The van der Waals surface area contributed by atoms with Gasteiger partial charge < -0.3 is 30.5 Å². The van der Waals surface area contributed by atoms with E-state index in [0.29, 0.717) is 35.9 Å². The summed E-state index contributed by atoms with van der Waals surface area (Å²) in [6.45, 7) is 2.77. The van der Waals surface area contributed by atoms with Gasteiger partial charge in [-0.2, -0.15) is 0 Å². The molecule has 5 N–H and O–H groups in total. The Kier molecular flexibility index (Phi) is 17.5. The van der Waals surface area contributed by atoms with Crippen molar-refractivity contribution in [3.63, 3.8) is 0 Å². The fourth-order valence-corrected chi connectivity index (χ4v) is 4.22. The number of nitrogens with one attached hydrogen (secondary N) is 1. The summed E-state index contributed by atoms with van der Waals surface area (Å²) in [6.07, 6.45) is 8.91. The Bertz CT molecular complexity index is 1270. The standard InChI is InChI=1S/C25H37NO4.C9H5F3O2/c27-20-23-18-22(13-14-24(23)28)25(29)19-26-15-7-1-2-8-16-30-17-9-6-12-21-10-4-3-5-11-21;10-6-3-5(1-2-8(13)14)4-7(11)9(6)12/h3-5,10-11,13-14,18,25-29H,1-2,6-9,12,15-17,19-20H2;1-4H,(H,13,14)/b;2-1+. The molecule has 0 aliphatic carbocycles. The van der Waals surface area contributed by atoms with Crippen LogP contribution < -0.4 is 5.32 Å². The first-order chi connectivity index (χ1) is 21.2. The Labute approximate surface area is 256 Å². The number of carbonyl (C=O) groups is 1. The number of ether oxygens (including phenoxy) is 1. The molecule has 0 fully saturated rings. The van der Waals surface area contributed by atoms with Crippen molar-refractivity contribution in [1.82, 2.24) is 5.32 Å². The molecular weight excluding hydrogens is 575 g/mol. The molecule has 3 aromatic rings. The van der Waals surface area contributed by atoms with Gasteiger partial charge in [0.1, 0.15) is 5.75 Å². The van der Waals surface area contributed by atoms with Crippen LogP contribution >= 0.6 is 0 Å². The molecule has 3 aromatic carbocycles. The van der Waals surface area contributed by atoms with E-state index in [1.165, 1.54) is 18.1 Å². The predicted octanol–water partition coefficient (Wildman–Crippen LogP) is 6.31. The van der Waals surface area contributed by atoms with Crippen molar-refractivity contribution in [3.8, 4) is 5.75 Å². The molecule has 0 spiro atoms. The molecule has 0 saturated heterocycles. The zero-order valence-electron chi connectivity index (χ0n) is 24.7. The molecule has 1 atom stereocenters. The minimum Gasteiger partial charge on any atom is -0.508 e. The number of aromatic hydroxyl groups is 1. The second kappa shape index (κ2) is 21.1. The number of hydrogen-bond donors (Lipinski definition) is 5. The Morgan fingerprint density at radius 1 is 0.886 bits per heavy atom. The van der Waals surface area contributed by atoms with Gasteiger partial charge >= 0.3 is 5.97 Å². The summed E-state index contributed by atoms with van der Waals surface area (Å²) < 4.78 is 43.3. The van der Waals surface area contributed by atoms with Gasteiger partial charge in [-0.05, 0) is 85.7 Å². The molecule has 3 rings (SSSR count). The number of aliphatic carboxylic acids is 1. The van der Waals surface area contributed by atoms with Gasteiger partial charge in [-0.1, -0.05) is 49.2 Å². The van der Waals surface area contributed by atoms with E-state index >= 15 is 0 Å². The fraction of sp³-hybridized carbons (Fsp3) is 0.382. The Morgan fingerprint density at radius 2 is 1.55 bits per heavy atom. The number of aliphatic hydroxyl groups is 2. The molecule has 0 amide bonds. The lowest BCUT2D eigenvalue weighted by Crippen LogP contribution is -2.22. The molecule has 0 bridgehead atoms. The SMILES string of the molecule is O=C(O)/C=C/c1cc(F)c(F)c(F)c1.OCc1cc(C(O)CNCCCCCCOCCCCc2ccccc2)ccc1O. The lowest BCUT2D eigenvalue weighted by molar-refractivity contribution is -0.131. The van der Waals surface area contributed by atoms with Crippen molar-refractivity contribution in [1.29, 1.82) is 0 Å². The maximum Gasteiger partial charge on any atom is 0.328 e. The quantitative estimate of drug-likeness (QED) is 0.0645. The maximum atomic E-state index is 12.6. The zero-order chi connectivity index (χ0) is 32.2. The van der Waals surface area contributed by atoms with Gasteiger partial charge in [0.15, 0.2) is 17.5 Å². The number of rotatable bonds is 18. The van der Waals surface area contributed by atoms with Crippen LogP contribution in [0.25, 0.3) is 6.08 Å². The highest BCUT2D eigenvalue weighted by molar-refractivity contribution is 5.85. The van der Waals surface area contributed by atoms with E-state index in [1.54, 1.807) is 12.1 Å². The Morgan fingerprint density at radius 3 is 2.20 bits per heavy atom. The summed E-state index contributed by atoms with van der Waals surface area (Å²) in [5.41, 5.74) is 2.48. The Hall–Kier alpha value is -3.70. The predicted molar refractivity (Wildman–Crippen MR) is 164 cm³/mol. The molecular formula is C34H42F3NO6. The normalized spacial score (nSPS) is 11.8. The van der Waals surface area contributed by atoms with E-state index < -0.39 is 29.5 Å². The minimum absolute atomic E-state index is 0.0520. The van der Waals surface area contributed by atoms with Crippen LogP contribution in [0.5, 0.6) is 5.75 Å². The molecule has 0 aromatic heterocycles. The number of phenols is 1. The number of carboxylic acids is 1. The average Bonchev–Trinajstić information content (AvgIpc) is 3.02. The number of benzene rings is 3. The van der Waals surface area contributed by atoms with Crippen LogP contribution in [0.4, 0.5) is 13.2 Å². The monoisotopic (exact) mass is 617 g/mol. The third-order valence-corrected chi connectivity index (χ3v) is 6.66. The van der Waals surface area contributed by atoms with Gasteiger partial charge in [-0.25, -0.2) is 18.0 Å². The molecule has 240 valence electrons. The summed E-state index contributed by atoms with van der Waals surface area (Å²) in [6, 6.07) is 16.8. The van der Waals surface area contributed by atoms with Crippen molar-refractivity contribution < 1.29 is 43.1 Å². The van der Waals surface area contributed by atoms with Crippen molar-refractivity contribution in [2.75, 3.05) is 26.3 Å². The van der Waals surface area contributed by atoms with Gasteiger partial charge in [-0.3, -0.25) is 0 Å². The molecule has 0 heterocycles. The van der Waals surface area contributed by atoms with Gasteiger partial charge in [0.25, 0.3) is 0 Å². The van der Waals surface area contributed by atoms with Crippen LogP contribution in [0.15, 0.2) is 66.7 Å². The number of carboxylic acid groups (broad SMARTS) is 1. The zero-order valence-corrected chi connectivity index (χ0v) is 24.7. The summed E-state index contributed by atoms with van der Waals surface area (Å²) in [5.74, 6) is -5.48. The fourth-order valence-electron chi connectivity index (χ4n) is 4.22. The molecule has 1 unspecified atom stereocenters. The third-order valence-electron chi connectivity index (χ3n) is 6.66. The second-order valence-corrected chi connectivity index (χ2v) is 10.2. The average molecular weight is 618 g/mol. The summed E-state index contributed by atoms with van der Waals surface area (Å²) in [5, 5.41) is 40.5. The molecule has 0 radical (unpaired) electrons. The van der Waals surface area contributed by atoms with Crippen molar-refractivity contribution >= 4 is 12.0 Å². The summed E-state index contributed by atoms with van der Waals surface area (Å²) in [7, 11) is 0. The number of halogens is 3. The van der Waals surface area contributed by atoms with Gasteiger partial charge in [0, 0.05) is 31.4 Å². The van der Waals surface area contributed by atoms with Crippen LogP contribution in [0.2, 0.25) is 0 Å². The smallest absolute Gasteiger partial charge is 0.328 e. The molecule has 0 aliphatic rings. The maximum absolute atomic E-state index is 12.6. The highest BCUT2D eigenvalue weighted by Gasteiger charge is 2.10. The molecule has 0 saturated carbocycles. The van der Waals surface area contributed by atoms with Crippen LogP contribution in [0, 0.1) is 17.5 Å². The molecule has 7 nitrogen and oxygen atoms in total. The van der Waals surface area contributed by atoms with E-state index in [4.69, 9.17) is 9.84 Å². The van der Waals surface area contributed by atoms with Crippen molar-refractivity contribution in [2.24, 2.45) is 0 Å². The lowest BCUT2D eigenvalue weighted by atomic mass is 10.1. The first-order valence-corrected chi connectivity index (χ1v) is 14.7. The van der Waals surface area contributed by atoms with Crippen molar-refractivity contribution in [3.05, 3.63) is 106 Å². The van der Waals surface area contributed by atoms with E-state index in [1.807, 2.05) is 0 Å². The number of unbranched alkanes of at least 4 members (excludes halogenated alkanes) is 4. The lowest BCUT2D eigenvalue weighted by Gasteiger charge is -2.14.